The van der Waals surface area contributed by atoms with Crippen LogP contribution in [0.2, 0.25) is 0 Å². The van der Waals surface area contributed by atoms with Crippen LogP contribution in [0.1, 0.15) is 24.0 Å². The molecule has 1 saturated heterocycles. The van der Waals surface area contributed by atoms with E-state index in [0.29, 0.717) is 5.38 Å². The molecule has 2 heteroatoms. The van der Waals surface area contributed by atoms with Crippen molar-refractivity contribution < 1.29 is 0 Å². The minimum atomic E-state index is 0.401. The van der Waals surface area contributed by atoms with Crippen LogP contribution in [0.5, 0.6) is 0 Å². The molecule has 0 saturated carbocycles. The van der Waals surface area contributed by atoms with Gasteiger partial charge >= 0.3 is 0 Å². The van der Waals surface area contributed by atoms with E-state index in [0.717, 1.165) is 32.5 Å². The minimum absolute atomic E-state index is 0.401. The molecule has 0 bridgehead atoms. The van der Waals surface area contributed by atoms with Gasteiger partial charge in [-0.3, -0.25) is 4.90 Å². The maximum atomic E-state index is 6.09. The number of benzene rings is 1. The zero-order valence-corrected chi connectivity index (χ0v) is 10.0. The van der Waals surface area contributed by atoms with Crippen molar-refractivity contribution in [3.8, 4) is 0 Å². The summed E-state index contributed by atoms with van der Waals surface area (Å²) < 4.78 is 0. The maximum Gasteiger partial charge on any atom is 0.0360 e. The van der Waals surface area contributed by atoms with E-state index in [1.807, 2.05) is 0 Å². The largest absolute Gasteiger partial charge is 0.299 e. The molecule has 1 aromatic carbocycles. The average molecular weight is 224 g/mol. The number of aryl methyl sites for hydroxylation is 1. The molecule has 1 nitrogen and oxygen atoms in total. The third kappa shape index (κ3) is 2.96. The number of hydrogen-bond acceptors (Lipinski definition) is 1. The van der Waals surface area contributed by atoms with Gasteiger partial charge in [0.2, 0.25) is 0 Å². The van der Waals surface area contributed by atoms with E-state index in [1.54, 1.807) is 0 Å². The lowest BCUT2D eigenvalue weighted by molar-refractivity contribution is 0.223. The van der Waals surface area contributed by atoms with E-state index >= 15 is 0 Å². The number of likely N-dealkylation sites (tertiary alicyclic amines) is 1. The van der Waals surface area contributed by atoms with Crippen molar-refractivity contribution in [2.75, 3.05) is 13.1 Å². The van der Waals surface area contributed by atoms with Crippen LogP contribution in [0.4, 0.5) is 0 Å². The van der Waals surface area contributed by atoms with E-state index < -0.39 is 0 Å². The van der Waals surface area contributed by atoms with E-state index in [4.69, 9.17) is 11.6 Å². The Morgan fingerprint density at radius 2 is 1.93 bits per heavy atom. The summed E-state index contributed by atoms with van der Waals surface area (Å²) in [4.78, 5) is 2.50. The van der Waals surface area contributed by atoms with Crippen molar-refractivity contribution in [2.24, 2.45) is 0 Å². The molecule has 0 radical (unpaired) electrons. The lowest BCUT2D eigenvalue weighted by Gasteiger charge is -2.29. The van der Waals surface area contributed by atoms with Gasteiger partial charge in [-0.05, 0) is 44.0 Å². The van der Waals surface area contributed by atoms with Gasteiger partial charge in [0.15, 0.2) is 0 Å². The highest BCUT2D eigenvalue weighted by molar-refractivity contribution is 6.20. The Labute approximate surface area is 97.0 Å². The van der Waals surface area contributed by atoms with Gasteiger partial charge < -0.3 is 0 Å². The predicted octanol–water partition coefficient (Wildman–Crippen LogP) is 3.20. The Balaban J connectivity index is 1.95. The molecule has 15 heavy (non-hydrogen) atoms. The minimum Gasteiger partial charge on any atom is -0.299 e. The van der Waals surface area contributed by atoms with Crippen molar-refractivity contribution in [1.82, 2.24) is 4.90 Å². The molecule has 1 aliphatic rings. The summed E-state index contributed by atoms with van der Waals surface area (Å²) in [5.74, 6) is 0. The molecule has 1 heterocycles. The van der Waals surface area contributed by atoms with Gasteiger partial charge in [0, 0.05) is 11.9 Å². The summed E-state index contributed by atoms with van der Waals surface area (Å²) in [5.41, 5.74) is 2.84. The first-order valence-electron chi connectivity index (χ1n) is 5.66. The molecule has 0 spiro atoms. The Morgan fingerprint density at radius 1 is 1.27 bits per heavy atom. The molecule has 0 N–H and O–H groups in total. The molecular formula is C13H18ClN. The molecule has 0 unspecified atom stereocenters. The second kappa shape index (κ2) is 5.00. The standard InChI is InChI=1S/C13H18ClN/c1-11-4-2-3-5-12(11)10-15-8-6-13(14)7-9-15/h2-5,13H,6-10H2,1H3. The van der Waals surface area contributed by atoms with Crippen LogP contribution in [0, 0.1) is 6.92 Å². The Morgan fingerprint density at radius 3 is 2.60 bits per heavy atom. The molecular weight excluding hydrogens is 206 g/mol. The van der Waals surface area contributed by atoms with Crippen LogP contribution in [0.25, 0.3) is 0 Å². The van der Waals surface area contributed by atoms with Crippen molar-refractivity contribution >= 4 is 11.6 Å². The van der Waals surface area contributed by atoms with Crippen molar-refractivity contribution in [3.05, 3.63) is 35.4 Å². The smallest absolute Gasteiger partial charge is 0.0360 e. The summed E-state index contributed by atoms with van der Waals surface area (Å²) >= 11 is 6.09. The highest BCUT2D eigenvalue weighted by Gasteiger charge is 2.17. The second-order valence-corrected chi connectivity index (χ2v) is 4.99. The lowest BCUT2D eigenvalue weighted by atomic mass is 10.1. The molecule has 0 aromatic heterocycles. The maximum absolute atomic E-state index is 6.09. The van der Waals surface area contributed by atoms with Crippen LogP contribution in [-0.4, -0.2) is 23.4 Å². The summed E-state index contributed by atoms with van der Waals surface area (Å²) in [7, 11) is 0. The first-order valence-corrected chi connectivity index (χ1v) is 6.10. The third-order valence-electron chi connectivity index (χ3n) is 3.17. The Hall–Kier alpha value is -0.530. The van der Waals surface area contributed by atoms with Gasteiger partial charge in [-0.2, -0.15) is 0 Å². The number of rotatable bonds is 2. The number of alkyl halides is 1. The fourth-order valence-corrected chi connectivity index (χ4v) is 2.28. The summed E-state index contributed by atoms with van der Waals surface area (Å²) in [5, 5.41) is 0.401. The summed E-state index contributed by atoms with van der Waals surface area (Å²) in [6, 6.07) is 8.63. The first-order chi connectivity index (χ1) is 7.25. The highest BCUT2D eigenvalue weighted by atomic mass is 35.5. The van der Waals surface area contributed by atoms with Crippen LogP contribution in [0.3, 0.4) is 0 Å². The summed E-state index contributed by atoms with van der Waals surface area (Å²) in [6.45, 7) is 5.55. The number of hydrogen-bond donors (Lipinski definition) is 0. The van der Waals surface area contributed by atoms with Gasteiger partial charge in [0.1, 0.15) is 0 Å². The van der Waals surface area contributed by atoms with Crippen molar-refractivity contribution in [2.45, 2.75) is 31.7 Å². The van der Waals surface area contributed by atoms with Gasteiger partial charge in [-0.1, -0.05) is 24.3 Å². The number of halogens is 1. The third-order valence-corrected chi connectivity index (χ3v) is 3.61. The van der Waals surface area contributed by atoms with E-state index in [9.17, 15) is 0 Å². The fraction of sp³-hybridized carbons (Fsp3) is 0.538. The quantitative estimate of drug-likeness (QED) is 0.696. The average Bonchev–Trinajstić information content (AvgIpc) is 2.25. The molecule has 0 atom stereocenters. The van der Waals surface area contributed by atoms with E-state index in [1.165, 1.54) is 11.1 Å². The van der Waals surface area contributed by atoms with Gasteiger partial charge in [0.05, 0.1) is 0 Å². The SMILES string of the molecule is Cc1ccccc1CN1CCC(Cl)CC1. The topological polar surface area (TPSA) is 3.24 Å². The molecule has 2 rings (SSSR count). The fourth-order valence-electron chi connectivity index (χ4n) is 2.09. The Kier molecular flexibility index (Phi) is 3.66. The molecule has 1 aromatic rings. The zero-order chi connectivity index (χ0) is 10.7. The van der Waals surface area contributed by atoms with Crippen molar-refractivity contribution in [3.63, 3.8) is 0 Å². The number of nitrogens with zero attached hydrogens (tertiary/aromatic N) is 1. The lowest BCUT2D eigenvalue weighted by Crippen LogP contribution is -2.33. The van der Waals surface area contributed by atoms with Crippen LogP contribution < -0.4 is 0 Å². The van der Waals surface area contributed by atoms with Gasteiger partial charge in [0.25, 0.3) is 0 Å². The molecule has 1 fully saturated rings. The molecule has 0 aliphatic carbocycles. The van der Waals surface area contributed by atoms with E-state index in [-0.39, 0.29) is 0 Å². The van der Waals surface area contributed by atoms with Gasteiger partial charge in [-0.15, -0.1) is 11.6 Å². The molecule has 1 aliphatic heterocycles. The van der Waals surface area contributed by atoms with Gasteiger partial charge in [-0.25, -0.2) is 0 Å². The van der Waals surface area contributed by atoms with Crippen LogP contribution in [0.15, 0.2) is 24.3 Å². The van der Waals surface area contributed by atoms with Crippen LogP contribution >= 0.6 is 11.6 Å². The molecule has 0 amide bonds. The predicted molar refractivity (Wildman–Crippen MR) is 65.3 cm³/mol. The second-order valence-electron chi connectivity index (χ2n) is 4.38. The van der Waals surface area contributed by atoms with Crippen molar-refractivity contribution in [1.29, 1.82) is 0 Å². The zero-order valence-electron chi connectivity index (χ0n) is 9.25. The summed E-state index contributed by atoms with van der Waals surface area (Å²) in [6.07, 6.45) is 2.26. The highest BCUT2D eigenvalue weighted by Crippen LogP contribution is 2.18. The monoisotopic (exact) mass is 223 g/mol. The van der Waals surface area contributed by atoms with Crippen LogP contribution in [-0.2, 0) is 6.54 Å². The first kappa shape index (κ1) is 11.0. The molecule has 82 valence electrons. The number of piperidine rings is 1. The van der Waals surface area contributed by atoms with E-state index in [2.05, 4.69) is 36.1 Å². The Bertz CT molecular complexity index is 316. The normalized spacial score (nSPS) is 19.3.